The number of hydrogen-bond donors (Lipinski definition) is 1. The number of carbonyl (C=O) groups excluding carboxylic acids is 2. The summed E-state index contributed by atoms with van der Waals surface area (Å²) in [7, 11) is 0. The number of amides is 2. The van der Waals surface area contributed by atoms with Gasteiger partial charge < -0.3 is 0 Å². The molecule has 0 spiro atoms. The van der Waals surface area contributed by atoms with Gasteiger partial charge in [-0.05, 0) is 42.6 Å². The third-order valence-electron chi connectivity index (χ3n) is 4.07. The van der Waals surface area contributed by atoms with E-state index in [-0.39, 0.29) is 17.2 Å². The minimum absolute atomic E-state index is 0.00796. The van der Waals surface area contributed by atoms with E-state index in [2.05, 4.69) is 16.9 Å². The highest BCUT2D eigenvalue weighted by atomic mass is 35.5. The minimum atomic E-state index is -0.534. The van der Waals surface area contributed by atoms with Crippen molar-refractivity contribution in [3.05, 3.63) is 64.8 Å². The van der Waals surface area contributed by atoms with Gasteiger partial charge in [-0.1, -0.05) is 29.4 Å². The average Bonchev–Trinajstić information content (AvgIpc) is 3.26. The Morgan fingerprint density at radius 1 is 1.31 bits per heavy atom. The van der Waals surface area contributed by atoms with E-state index >= 15 is 0 Å². The minimum Gasteiger partial charge on any atom is -0.298 e. The topological polar surface area (TPSA) is 66.7 Å². The number of aromatic nitrogens is 2. The molecule has 1 fully saturated rings. The zero-order chi connectivity index (χ0) is 20.5. The van der Waals surface area contributed by atoms with Gasteiger partial charge in [0.05, 0.1) is 5.69 Å². The molecule has 3 heterocycles. The van der Waals surface area contributed by atoms with Crippen molar-refractivity contribution >= 4 is 74.9 Å². The van der Waals surface area contributed by atoms with Crippen LogP contribution in [-0.2, 0) is 9.59 Å². The summed E-state index contributed by atoms with van der Waals surface area (Å²) in [5.41, 5.74) is 0.637. The Kier molecular flexibility index (Phi) is 5.55. The summed E-state index contributed by atoms with van der Waals surface area (Å²) in [6, 6.07) is 7.37. The van der Waals surface area contributed by atoms with Crippen LogP contribution in [0.4, 0.5) is 0 Å². The summed E-state index contributed by atoms with van der Waals surface area (Å²) < 4.78 is 1.85. The molecule has 1 aromatic carbocycles. The largest absolute Gasteiger partial charge is 0.298 e. The molecule has 0 aliphatic carbocycles. The maximum absolute atomic E-state index is 12.9. The van der Waals surface area contributed by atoms with Crippen LogP contribution < -0.4 is 5.32 Å². The summed E-state index contributed by atoms with van der Waals surface area (Å²) in [4.78, 5) is 33.0. The predicted octanol–water partition coefficient (Wildman–Crippen LogP) is 4.01. The molecule has 2 aromatic heterocycles. The number of rotatable bonds is 5. The van der Waals surface area contributed by atoms with Gasteiger partial charge in [0, 0.05) is 28.0 Å². The number of thiocarbonyl (C=S) groups is 1. The molecule has 3 aromatic rings. The molecule has 1 N–H and O–H groups in total. The van der Waals surface area contributed by atoms with Crippen LogP contribution in [0.1, 0.15) is 5.69 Å². The van der Waals surface area contributed by atoms with Gasteiger partial charge in [-0.25, -0.2) is 4.98 Å². The van der Waals surface area contributed by atoms with E-state index in [0.717, 1.165) is 9.86 Å². The van der Waals surface area contributed by atoms with E-state index in [4.69, 9.17) is 23.8 Å². The molecular weight excluding hydrogens is 448 g/mol. The smallest absolute Gasteiger partial charge is 0.266 e. The maximum Gasteiger partial charge on any atom is 0.266 e. The van der Waals surface area contributed by atoms with Gasteiger partial charge in [0.25, 0.3) is 11.8 Å². The SMILES string of the molecule is C=CCN1C(=O)C(=Cc2c(Sc3ccc(Cl)cc3)nc3sccn23)C(=O)NC1=S. The molecule has 146 valence electrons. The number of halogens is 1. The van der Waals surface area contributed by atoms with Crippen molar-refractivity contribution in [1.29, 1.82) is 0 Å². The highest BCUT2D eigenvalue weighted by Crippen LogP contribution is 2.34. The van der Waals surface area contributed by atoms with E-state index < -0.39 is 11.8 Å². The summed E-state index contributed by atoms with van der Waals surface area (Å²) in [5, 5.41) is 5.84. The second kappa shape index (κ2) is 8.11. The number of hydrogen-bond acceptors (Lipinski definition) is 6. The number of benzene rings is 1. The van der Waals surface area contributed by atoms with Crippen molar-refractivity contribution in [3.8, 4) is 0 Å². The number of imidazole rings is 1. The second-order valence-electron chi connectivity index (χ2n) is 5.94. The molecule has 10 heteroatoms. The van der Waals surface area contributed by atoms with Crippen molar-refractivity contribution in [2.45, 2.75) is 9.92 Å². The third kappa shape index (κ3) is 3.86. The summed E-state index contributed by atoms with van der Waals surface area (Å²) >= 11 is 14.0. The van der Waals surface area contributed by atoms with Crippen molar-refractivity contribution in [1.82, 2.24) is 19.6 Å². The lowest BCUT2D eigenvalue weighted by Gasteiger charge is -2.27. The standard InChI is InChI=1S/C19H13ClN4O2S3/c1-2-7-24-17(26)13(15(25)21-18(24)27)10-14-16(22-19-23(14)8-9-28-19)29-12-5-3-11(20)4-6-12/h2-6,8-10H,1,7H2,(H,21,25,27). The van der Waals surface area contributed by atoms with Crippen LogP contribution in [-0.4, -0.2) is 37.8 Å². The fraction of sp³-hybridized carbons (Fsp3) is 0.0526. The van der Waals surface area contributed by atoms with Crippen LogP contribution in [0.3, 0.4) is 0 Å². The number of thiazole rings is 1. The Balaban J connectivity index is 1.78. The first-order valence-corrected chi connectivity index (χ1v) is 10.8. The van der Waals surface area contributed by atoms with E-state index in [1.54, 1.807) is 24.3 Å². The molecule has 6 nitrogen and oxygen atoms in total. The van der Waals surface area contributed by atoms with E-state index in [9.17, 15) is 9.59 Å². The quantitative estimate of drug-likeness (QED) is 0.269. The van der Waals surface area contributed by atoms with Gasteiger partial charge in [0.15, 0.2) is 10.1 Å². The maximum atomic E-state index is 12.9. The van der Waals surface area contributed by atoms with Crippen LogP contribution in [0.5, 0.6) is 0 Å². The first-order chi connectivity index (χ1) is 14.0. The predicted molar refractivity (Wildman–Crippen MR) is 119 cm³/mol. The van der Waals surface area contributed by atoms with Crippen LogP contribution in [0.15, 0.2) is 64.0 Å². The lowest BCUT2D eigenvalue weighted by atomic mass is 10.1. The van der Waals surface area contributed by atoms with E-state index in [1.165, 1.54) is 28.0 Å². The van der Waals surface area contributed by atoms with Gasteiger partial charge in [0.1, 0.15) is 10.6 Å². The average molecular weight is 461 g/mol. The Hall–Kier alpha value is -2.46. The Labute approximate surface area is 184 Å². The highest BCUT2D eigenvalue weighted by Gasteiger charge is 2.33. The van der Waals surface area contributed by atoms with Crippen LogP contribution in [0, 0.1) is 0 Å². The summed E-state index contributed by atoms with van der Waals surface area (Å²) in [6.07, 6.45) is 4.96. The molecule has 0 radical (unpaired) electrons. The van der Waals surface area contributed by atoms with Crippen LogP contribution in [0.2, 0.25) is 5.02 Å². The Bertz CT molecular complexity index is 1180. The lowest BCUT2D eigenvalue weighted by Crippen LogP contribution is -2.53. The van der Waals surface area contributed by atoms with Crippen molar-refractivity contribution in [2.24, 2.45) is 0 Å². The zero-order valence-electron chi connectivity index (χ0n) is 14.8. The molecular formula is C19H13ClN4O2S3. The lowest BCUT2D eigenvalue weighted by molar-refractivity contribution is -0.128. The molecule has 0 saturated carbocycles. The molecule has 2 amide bonds. The summed E-state index contributed by atoms with van der Waals surface area (Å²) in [6.45, 7) is 3.84. The molecule has 1 aliphatic rings. The number of nitrogens with one attached hydrogen (secondary N) is 1. The van der Waals surface area contributed by atoms with Gasteiger partial charge in [-0.2, -0.15) is 0 Å². The molecule has 4 rings (SSSR count). The van der Waals surface area contributed by atoms with Crippen LogP contribution >= 0.6 is 46.9 Å². The highest BCUT2D eigenvalue weighted by molar-refractivity contribution is 7.99. The van der Waals surface area contributed by atoms with Gasteiger partial charge >= 0.3 is 0 Å². The Morgan fingerprint density at radius 3 is 2.79 bits per heavy atom. The van der Waals surface area contributed by atoms with E-state index in [1.807, 2.05) is 28.1 Å². The normalized spacial score (nSPS) is 16.0. The first-order valence-electron chi connectivity index (χ1n) is 8.36. The monoisotopic (exact) mass is 460 g/mol. The van der Waals surface area contributed by atoms with Crippen LogP contribution in [0.25, 0.3) is 11.0 Å². The number of fused-ring (bicyclic) bond motifs is 1. The van der Waals surface area contributed by atoms with E-state index in [0.29, 0.717) is 15.7 Å². The first kappa shape index (κ1) is 19.8. The number of nitrogens with zero attached hydrogens (tertiary/aromatic N) is 3. The Morgan fingerprint density at radius 2 is 2.07 bits per heavy atom. The fourth-order valence-corrected chi connectivity index (χ4v) is 4.77. The summed E-state index contributed by atoms with van der Waals surface area (Å²) in [5.74, 6) is -1.00. The molecule has 1 aliphatic heterocycles. The molecule has 1 saturated heterocycles. The third-order valence-corrected chi connectivity index (χ3v) is 6.40. The molecule has 0 bridgehead atoms. The molecule has 29 heavy (non-hydrogen) atoms. The van der Waals surface area contributed by atoms with Gasteiger partial charge in [-0.15, -0.1) is 17.9 Å². The van der Waals surface area contributed by atoms with Gasteiger partial charge in [0.2, 0.25) is 0 Å². The second-order valence-corrected chi connectivity index (χ2v) is 8.69. The molecule has 0 atom stereocenters. The van der Waals surface area contributed by atoms with Crippen molar-refractivity contribution < 1.29 is 9.59 Å². The van der Waals surface area contributed by atoms with Crippen molar-refractivity contribution in [3.63, 3.8) is 0 Å². The fourth-order valence-electron chi connectivity index (χ4n) is 2.73. The number of carbonyl (C=O) groups is 2. The zero-order valence-corrected chi connectivity index (χ0v) is 18.0. The van der Waals surface area contributed by atoms with Gasteiger partial charge in [-0.3, -0.25) is 24.2 Å². The molecule has 0 unspecified atom stereocenters. The van der Waals surface area contributed by atoms with Crippen molar-refractivity contribution in [2.75, 3.05) is 6.54 Å².